The molecule has 8 heteroatoms. The van der Waals surface area contributed by atoms with Gasteiger partial charge in [0.2, 0.25) is 0 Å². The van der Waals surface area contributed by atoms with Gasteiger partial charge in [0.1, 0.15) is 5.69 Å². The van der Waals surface area contributed by atoms with Crippen LogP contribution in [0.3, 0.4) is 0 Å². The lowest BCUT2D eigenvalue weighted by atomic mass is 10.1. The molecule has 16 heavy (non-hydrogen) atoms. The number of rotatable bonds is 2. The first-order valence-corrected chi connectivity index (χ1v) is 4.41. The van der Waals surface area contributed by atoms with E-state index in [4.69, 9.17) is 11.6 Å². The summed E-state index contributed by atoms with van der Waals surface area (Å²) in [5.74, 6) is -2.39. The SMILES string of the molecule is Fc1cnc(C(F)(F)F)c(CCl)c1C(F)F. The van der Waals surface area contributed by atoms with Crippen LogP contribution >= 0.6 is 11.6 Å². The highest BCUT2D eigenvalue weighted by Crippen LogP contribution is 2.36. The summed E-state index contributed by atoms with van der Waals surface area (Å²) in [5.41, 5.74) is -3.96. The Balaban J connectivity index is 3.49. The van der Waals surface area contributed by atoms with Crippen LogP contribution in [0, 0.1) is 5.82 Å². The Labute approximate surface area is 91.0 Å². The lowest BCUT2D eigenvalue weighted by Crippen LogP contribution is -2.15. The molecule has 1 aromatic heterocycles. The van der Waals surface area contributed by atoms with Crippen molar-refractivity contribution >= 4 is 11.6 Å². The zero-order chi connectivity index (χ0) is 12.5. The maximum absolute atomic E-state index is 12.9. The van der Waals surface area contributed by atoms with E-state index in [1.807, 2.05) is 0 Å². The summed E-state index contributed by atoms with van der Waals surface area (Å²) in [4.78, 5) is 2.75. The Morgan fingerprint density at radius 2 is 1.88 bits per heavy atom. The quantitative estimate of drug-likeness (QED) is 0.582. The van der Waals surface area contributed by atoms with Gasteiger partial charge in [0.05, 0.1) is 17.6 Å². The van der Waals surface area contributed by atoms with Gasteiger partial charge in [-0.3, -0.25) is 0 Å². The summed E-state index contributed by atoms with van der Waals surface area (Å²) >= 11 is 5.12. The van der Waals surface area contributed by atoms with Crippen LogP contribution in [0.15, 0.2) is 6.20 Å². The second kappa shape index (κ2) is 4.48. The van der Waals surface area contributed by atoms with Crippen molar-refractivity contribution in [2.75, 3.05) is 0 Å². The van der Waals surface area contributed by atoms with E-state index >= 15 is 0 Å². The van der Waals surface area contributed by atoms with Crippen molar-refractivity contribution < 1.29 is 26.3 Å². The smallest absolute Gasteiger partial charge is 0.248 e. The van der Waals surface area contributed by atoms with E-state index in [1.54, 1.807) is 0 Å². The first-order valence-electron chi connectivity index (χ1n) is 3.87. The predicted octanol–water partition coefficient (Wildman–Crippen LogP) is 3.92. The van der Waals surface area contributed by atoms with Crippen LogP contribution in [0.2, 0.25) is 0 Å². The van der Waals surface area contributed by atoms with Gasteiger partial charge in [-0.1, -0.05) is 0 Å². The Morgan fingerprint density at radius 3 is 2.25 bits per heavy atom. The van der Waals surface area contributed by atoms with Gasteiger partial charge < -0.3 is 0 Å². The van der Waals surface area contributed by atoms with E-state index in [-0.39, 0.29) is 6.20 Å². The fraction of sp³-hybridized carbons (Fsp3) is 0.375. The molecule has 0 atom stereocenters. The van der Waals surface area contributed by atoms with Crippen LogP contribution in [-0.4, -0.2) is 4.98 Å². The molecule has 1 rings (SSSR count). The minimum absolute atomic E-state index is 0.111. The zero-order valence-electron chi connectivity index (χ0n) is 7.45. The third-order valence-corrected chi connectivity index (χ3v) is 2.06. The summed E-state index contributed by atoms with van der Waals surface area (Å²) in [6.45, 7) is 0. The van der Waals surface area contributed by atoms with Gasteiger partial charge in [-0.2, -0.15) is 13.2 Å². The zero-order valence-corrected chi connectivity index (χ0v) is 8.21. The molecule has 0 aliphatic carbocycles. The van der Waals surface area contributed by atoms with E-state index in [9.17, 15) is 26.3 Å². The number of hydrogen-bond acceptors (Lipinski definition) is 1. The second-order valence-corrected chi connectivity index (χ2v) is 3.05. The number of nitrogens with zero attached hydrogens (tertiary/aromatic N) is 1. The van der Waals surface area contributed by atoms with Crippen molar-refractivity contribution in [3.63, 3.8) is 0 Å². The number of pyridine rings is 1. The molecule has 0 bridgehead atoms. The van der Waals surface area contributed by atoms with E-state index < -0.39 is 41.1 Å². The van der Waals surface area contributed by atoms with Crippen LogP contribution in [0.1, 0.15) is 23.2 Å². The van der Waals surface area contributed by atoms with Crippen molar-refractivity contribution in [3.8, 4) is 0 Å². The minimum atomic E-state index is -4.94. The van der Waals surface area contributed by atoms with Crippen molar-refractivity contribution in [2.24, 2.45) is 0 Å². The van der Waals surface area contributed by atoms with Crippen molar-refractivity contribution in [3.05, 3.63) is 28.8 Å². The molecule has 0 aromatic carbocycles. The van der Waals surface area contributed by atoms with Gasteiger partial charge >= 0.3 is 6.18 Å². The van der Waals surface area contributed by atoms with E-state index in [1.165, 1.54) is 0 Å². The lowest BCUT2D eigenvalue weighted by molar-refractivity contribution is -0.141. The first kappa shape index (κ1) is 13.1. The Morgan fingerprint density at radius 1 is 1.31 bits per heavy atom. The van der Waals surface area contributed by atoms with Gasteiger partial charge in [-0.15, -0.1) is 11.6 Å². The molecule has 0 spiro atoms. The highest BCUT2D eigenvalue weighted by molar-refractivity contribution is 6.17. The largest absolute Gasteiger partial charge is 0.433 e. The lowest BCUT2D eigenvalue weighted by Gasteiger charge is -2.14. The molecule has 90 valence electrons. The first-order chi connectivity index (χ1) is 7.29. The molecular formula is C8H4ClF6N. The summed E-state index contributed by atoms with van der Waals surface area (Å²) < 4.78 is 74.6. The molecule has 1 aromatic rings. The van der Waals surface area contributed by atoms with Gasteiger partial charge in [-0.25, -0.2) is 18.2 Å². The number of halogens is 7. The van der Waals surface area contributed by atoms with Crippen LogP contribution in [-0.2, 0) is 12.1 Å². The third-order valence-electron chi connectivity index (χ3n) is 1.80. The summed E-state index contributed by atoms with van der Waals surface area (Å²) in [6.07, 6.45) is -8.21. The van der Waals surface area contributed by atoms with Gasteiger partial charge in [0.15, 0.2) is 5.82 Å². The Kier molecular flexibility index (Phi) is 3.67. The molecule has 1 nitrogen and oxygen atoms in total. The molecular weight excluding hydrogens is 260 g/mol. The van der Waals surface area contributed by atoms with Crippen molar-refractivity contribution in [1.82, 2.24) is 4.98 Å². The topological polar surface area (TPSA) is 12.9 Å². The average molecular weight is 264 g/mol. The molecule has 0 saturated carbocycles. The Hall–Kier alpha value is -0.980. The predicted molar refractivity (Wildman–Crippen MR) is 43.7 cm³/mol. The monoisotopic (exact) mass is 263 g/mol. The molecule has 0 amide bonds. The highest BCUT2D eigenvalue weighted by Gasteiger charge is 2.38. The van der Waals surface area contributed by atoms with E-state index in [0.717, 1.165) is 0 Å². The van der Waals surface area contributed by atoms with Gasteiger partial charge in [0.25, 0.3) is 6.43 Å². The number of aromatic nitrogens is 1. The molecule has 0 unspecified atom stereocenters. The van der Waals surface area contributed by atoms with Crippen molar-refractivity contribution in [2.45, 2.75) is 18.5 Å². The summed E-state index contributed by atoms with van der Waals surface area (Å²) in [6, 6.07) is 0. The van der Waals surface area contributed by atoms with Crippen LogP contribution in [0.4, 0.5) is 26.3 Å². The van der Waals surface area contributed by atoms with Crippen LogP contribution < -0.4 is 0 Å². The molecule has 0 N–H and O–H groups in total. The third kappa shape index (κ3) is 2.40. The molecule has 0 aliphatic heterocycles. The van der Waals surface area contributed by atoms with Crippen molar-refractivity contribution in [1.29, 1.82) is 0 Å². The highest BCUT2D eigenvalue weighted by atomic mass is 35.5. The maximum atomic E-state index is 12.9. The maximum Gasteiger partial charge on any atom is 0.433 e. The number of hydrogen-bond donors (Lipinski definition) is 0. The number of alkyl halides is 6. The average Bonchev–Trinajstić information content (AvgIpc) is 2.14. The summed E-state index contributed by atoms with van der Waals surface area (Å²) in [7, 11) is 0. The fourth-order valence-corrected chi connectivity index (χ4v) is 1.43. The summed E-state index contributed by atoms with van der Waals surface area (Å²) in [5, 5.41) is 0. The molecule has 0 radical (unpaired) electrons. The molecule has 0 fully saturated rings. The van der Waals surface area contributed by atoms with Crippen LogP contribution in [0.5, 0.6) is 0 Å². The van der Waals surface area contributed by atoms with Gasteiger partial charge in [-0.05, 0) is 0 Å². The van der Waals surface area contributed by atoms with Gasteiger partial charge in [0, 0.05) is 5.56 Å². The molecule has 1 heterocycles. The molecule has 0 saturated heterocycles. The normalized spacial score (nSPS) is 12.2. The van der Waals surface area contributed by atoms with Crippen LogP contribution in [0.25, 0.3) is 0 Å². The van der Waals surface area contributed by atoms with E-state index in [0.29, 0.717) is 0 Å². The molecule has 0 aliphatic rings. The fourth-order valence-electron chi connectivity index (χ4n) is 1.16. The van der Waals surface area contributed by atoms with E-state index in [2.05, 4.69) is 4.98 Å². The Bertz CT molecular complexity index is 389. The minimum Gasteiger partial charge on any atom is -0.248 e. The standard InChI is InChI=1S/C8H4ClF6N/c9-1-3-5(7(11)12)4(10)2-16-6(3)8(13,14)15/h2,7H,1H2. The second-order valence-electron chi connectivity index (χ2n) is 2.78.